The molecule has 6 aromatic rings. The molecule has 0 bridgehead atoms. The van der Waals surface area contributed by atoms with Gasteiger partial charge in [0.1, 0.15) is 22.9 Å². The molecule has 4 aromatic carbocycles. The van der Waals surface area contributed by atoms with Crippen molar-refractivity contribution >= 4 is 45.0 Å². The molecule has 0 radical (unpaired) electrons. The van der Waals surface area contributed by atoms with Crippen molar-refractivity contribution in [2.24, 2.45) is 0 Å². The molecule has 1 unspecified atom stereocenters. The minimum Gasteiger partial charge on any atom is -0.444 e. The van der Waals surface area contributed by atoms with E-state index in [2.05, 4.69) is 82.8 Å². The molecule has 2 aliphatic heterocycles. The van der Waals surface area contributed by atoms with Crippen LogP contribution in [0.2, 0.25) is 0 Å². The number of benzene rings is 4. The van der Waals surface area contributed by atoms with Crippen molar-refractivity contribution in [2.45, 2.75) is 90.5 Å². The first-order chi connectivity index (χ1) is 24.8. The number of hydrogen-bond acceptors (Lipinski definition) is 6. The molecule has 268 valence electrons. The fourth-order valence-electron chi connectivity index (χ4n) is 7.70. The summed E-state index contributed by atoms with van der Waals surface area (Å²) < 4.78 is 11.4. The van der Waals surface area contributed by atoms with Crippen molar-refractivity contribution in [1.82, 2.24) is 29.7 Å². The maximum absolute atomic E-state index is 13.0. The molecule has 2 amide bonds. The Morgan fingerprint density at radius 2 is 1.06 bits per heavy atom. The van der Waals surface area contributed by atoms with Gasteiger partial charge in [0.2, 0.25) is 0 Å². The van der Waals surface area contributed by atoms with E-state index in [0.29, 0.717) is 13.1 Å². The smallest absolute Gasteiger partial charge is 0.410 e. The summed E-state index contributed by atoms with van der Waals surface area (Å²) >= 11 is 0. The number of H-pyrrole nitrogens is 2. The second kappa shape index (κ2) is 12.7. The number of nitrogens with zero attached hydrogens (tertiary/aromatic N) is 4. The molecule has 2 saturated heterocycles. The van der Waals surface area contributed by atoms with E-state index in [0.717, 1.165) is 92.4 Å². The lowest BCUT2D eigenvalue weighted by atomic mass is 9.93. The highest BCUT2D eigenvalue weighted by atomic mass is 16.6. The highest BCUT2D eigenvalue weighted by molar-refractivity contribution is 6.05. The predicted molar refractivity (Wildman–Crippen MR) is 204 cm³/mol. The molecule has 8 rings (SSSR count). The minimum absolute atomic E-state index is 0.142. The molecule has 0 aliphatic carbocycles. The first-order valence-corrected chi connectivity index (χ1v) is 18.3. The number of ether oxygens (including phenoxy) is 2. The highest BCUT2D eigenvalue weighted by Crippen LogP contribution is 2.39. The molecule has 10 heteroatoms. The maximum atomic E-state index is 13.0. The van der Waals surface area contributed by atoms with E-state index < -0.39 is 11.2 Å². The van der Waals surface area contributed by atoms with Crippen molar-refractivity contribution in [3.63, 3.8) is 0 Å². The number of amides is 2. The number of imidazole rings is 2. The molecule has 0 spiro atoms. The van der Waals surface area contributed by atoms with Crippen LogP contribution >= 0.6 is 0 Å². The van der Waals surface area contributed by atoms with Crippen LogP contribution < -0.4 is 0 Å². The molecular weight excluding hydrogens is 652 g/mol. The first kappa shape index (κ1) is 33.7. The van der Waals surface area contributed by atoms with E-state index in [1.807, 2.05) is 41.5 Å². The van der Waals surface area contributed by atoms with Crippen LogP contribution in [-0.4, -0.2) is 66.2 Å². The lowest BCUT2D eigenvalue weighted by molar-refractivity contribution is 0.0208. The van der Waals surface area contributed by atoms with Gasteiger partial charge in [0.15, 0.2) is 0 Å². The lowest BCUT2D eigenvalue weighted by Crippen LogP contribution is -2.36. The normalized spacial score (nSPS) is 18.2. The molecule has 2 aromatic heterocycles. The van der Waals surface area contributed by atoms with E-state index in [9.17, 15) is 9.59 Å². The number of carbonyl (C=O) groups is 2. The van der Waals surface area contributed by atoms with E-state index in [-0.39, 0.29) is 24.3 Å². The number of nitrogens with one attached hydrogen (secondary N) is 2. The maximum Gasteiger partial charge on any atom is 0.410 e. The van der Waals surface area contributed by atoms with Crippen LogP contribution in [0.5, 0.6) is 0 Å². The van der Waals surface area contributed by atoms with Crippen molar-refractivity contribution in [3.8, 4) is 22.3 Å². The summed E-state index contributed by atoms with van der Waals surface area (Å²) in [4.78, 5) is 46.5. The van der Waals surface area contributed by atoms with E-state index in [4.69, 9.17) is 19.4 Å². The average molecular weight is 699 g/mol. The Morgan fingerprint density at radius 3 is 1.46 bits per heavy atom. The van der Waals surface area contributed by atoms with E-state index in [1.54, 1.807) is 9.80 Å². The first-order valence-electron chi connectivity index (χ1n) is 18.3. The Balaban J connectivity index is 1.09. The highest BCUT2D eigenvalue weighted by Gasteiger charge is 2.36. The molecule has 4 heterocycles. The summed E-state index contributed by atoms with van der Waals surface area (Å²) in [6.07, 6.45) is 2.91. The van der Waals surface area contributed by atoms with Crippen molar-refractivity contribution in [2.75, 3.05) is 13.1 Å². The Kier molecular flexibility index (Phi) is 8.23. The third kappa shape index (κ3) is 6.46. The second-order valence-electron chi connectivity index (χ2n) is 16.1. The Labute approximate surface area is 303 Å². The zero-order valence-electron chi connectivity index (χ0n) is 30.7. The monoisotopic (exact) mass is 698 g/mol. The fraction of sp³-hybridized carbons (Fsp3) is 0.381. The molecule has 2 N–H and O–H groups in total. The van der Waals surface area contributed by atoms with Gasteiger partial charge in [0, 0.05) is 13.1 Å². The molecule has 2 atom stereocenters. The third-order valence-electron chi connectivity index (χ3n) is 9.94. The van der Waals surface area contributed by atoms with Gasteiger partial charge in [-0.15, -0.1) is 0 Å². The van der Waals surface area contributed by atoms with Crippen LogP contribution in [-0.2, 0) is 9.47 Å². The number of rotatable bonds is 4. The van der Waals surface area contributed by atoms with Crippen LogP contribution in [0.3, 0.4) is 0 Å². The number of hydrogen-bond donors (Lipinski definition) is 2. The standard InChI is InChI=1S/C42H46N6O4/c1-41(2,3)51-39(49)47-21-9-15-35(47)37-43-31-19-17-25(23-33(31)45-37)27-11-7-14-30-28(12-8-13-29(27)30)26-18-20-32-34(24-26)46-38(44-32)36-16-10-22-48(36)40(50)52-42(4,5)6/h7-8,11-14,17-20,23-24,35-36H,9-10,15-16,21-22H2,1-6H3,(H,43,45)(H,44,46)/t35-,36?/m0/s1. The molecule has 2 fully saturated rings. The largest absolute Gasteiger partial charge is 0.444 e. The summed E-state index contributed by atoms with van der Waals surface area (Å²) in [7, 11) is 0. The summed E-state index contributed by atoms with van der Waals surface area (Å²) in [5.74, 6) is 1.58. The van der Waals surface area contributed by atoms with Gasteiger partial charge in [-0.1, -0.05) is 48.5 Å². The van der Waals surface area contributed by atoms with Gasteiger partial charge in [-0.3, -0.25) is 9.80 Å². The van der Waals surface area contributed by atoms with Gasteiger partial charge in [-0.05, 0) is 125 Å². The third-order valence-corrected chi connectivity index (χ3v) is 9.94. The topological polar surface area (TPSA) is 116 Å². The van der Waals surface area contributed by atoms with Crippen molar-refractivity contribution in [3.05, 3.63) is 84.4 Å². The van der Waals surface area contributed by atoms with Gasteiger partial charge >= 0.3 is 12.2 Å². The summed E-state index contributed by atoms with van der Waals surface area (Å²) in [6, 6.07) is 25.3. The van der Waals surface area contributed by atoms with Gasteiger partial charge in [-0.25, -0.2) is 19.6 Å². The Morgan fingerprint density at radius 1 is 0.635 bits per heavy atom. The van der Waals surface area contributed by atoms with Crippen molar-refractivity contribution < 1.29 is 19.1 Å². The molecule has 2 aliphatic rings. The number of carbonyl (C=O) groups excluding carboxylic acids is 2. The van der Waals surface area contributed by atoms with E-state index >= 15 is 0 Å². The number of aromatic amines is 2. The lowest BCUT2D eigenvalue weighted by Gasteiger charge is -2.27. The quantitative estimate of drug-likeness (QED) is 0.189. The zero-order valence-corrected chi connectivity index (χ0v) is 30.7. The molecule has 10 nitrogen and oxygen atoms in total. The van der Waals surface area contributed by atoms with Gasteiger partial charge in [-0.2, -0.15) is 0 Å². The number of fused-ring (bicyclic) bond motifs is 3. The Hall–Kier alpha value is -5.38. The van der Waals surface area contributed by atoms with Crippen LogP contribution in [0.1, 0.15) is 91.0 Å². The summed E-state index contributed by atoms with van der Waals surface area (Å²) in [6.45, 7) is 12.7. The molecule has 52 heavy (non-hydrogen) atoms. The molecular formula is C42H46N6O4. The zero-order chi connectivity index (χ0) is 36.4. The molecule has 0 saturated carbocycles. The average Bonchev–Trinajstić information content (AvgIpc) is 3.90. The van der Waals surface area contributed by atoms with Crippen LogP contribution in [0.4, 0.5) is 9.59 Å². The summed E-state index contributed by atoms with van der Waals surface area (Å²) in [5.41, 5.74) is 6.93. The van der Waals surface area contributed by atoms with E-state index in [1.165, 1.54) is 0 Å². The van der Waals surface area contributed by atoms with Gasteiger partial charge in [0.25, 0.3) is 0 Å². The predicted octanol–water partition coefficient (Wildman–Crippen LogP) is 10.1. The number of likely N-dealkylation sites (tertiary alicyclic amines) is 2. The van der Waals surface area contributed by atoms with Crippen LogP contribution in [0.25, 0.3) is 55.1 Å². The van der Waals surface area contributed by atoms with Crippen LogP contribution in [0.15, 0.2) is 72.8 Å². The number of aromatic nitrogens is 4. The summed E-state index contributed by atoms with van der Waals surface area (Å²) in [5, 5.41) is 2.30. The van der Waals surface area contributed by atoms with Gasteiger partial charge < -0.3 is 19.4 Å². The minimum atomic E-state index is -0.553. The van der Waals surface area contributed by atoms with Gasteiger partial charge in [0.05, 0.1) is 34.2 Å². The van der Waals surface area contributed by atoms with Crippen molar-refractivity contribution in [1.29, 1.82) is 0 Å². The fourth-order valence-corrected chi connectivity index (χ4v) is 7.70. The SMILES string of the molecule is CC(C)(C)OC(=O)N1CCCC1c1nc2ccc(-c3cccc4c(-c5ccc6nc([C@@H]7CCCN7C(=O)OC(C)(C)C)[nH]c6c5)cccc34)cc2[nH]1. The second-order valence-corrected chi connectivity index (χ2v) is 16.1. The van der Waals surface area contributed by atoms with Crippen LogP contribution in [0, 0.1) is 0 Å². The Bertz CT molecular complexity index is 2160.